The highest BCUT2D eigenvalue weighted by Gasteiger charge is 2.15. The number of hydrogen-bond acceptors (Lipinski definition) is 7. The van der Waals surface area contributed by atoms with E-state index in [9.17, 15) is 15.0 Å². The zero-order chi connectivity index (χ0) is 19.0. The van der Waals surface area contributed by atoms with Crippen molar-refractivity contribution in [1.29, 1.82) is 0 Å². The van der Waals surface area contributed by atoms with Crippen LogP contribution in [0.25, 0.3) is 33.7 Å². The SMILES string of the molecule is CCOc1cc(-c2ccc(O)cc2O)ccc1-c1nc2[nH]nnc2c(=O)[nH]1. The summed E-state index contributed by atoms with van der Waals surface area (Å²) in [5.41, 5.74) is 1.79. The number of phenols is 2. The van der Waals surface area contributed by atoms with Gasteiger partial charge in [0.2, 0.25) is 0 Å². The van der Waals surface area contributed by atoms with E-state index in [4.69, 9.17) is 4.74 Å². The maximum Gasteiger partial charge on any atom is 0.281 e. The molecule has 27 heavy (non-hydrogen) atoms. The predicted molar refractivity (Wildman–Crippen MR) is 97.7 cm³/mol. The molecule has 4 N–H and O–H groups in total. The van der Waals surface area contributed by atoms with Crippen LogP contribution in [-0.4, -0.2) is 42.2 Å². The lowest BCUT2D eigenvalue weighted by atomic mass is 10.0. The largest absolute Gasteiger partial charge is 0.508 e. The summed E-state index contributed by atoms with van der Waals surface area (Å²) in [6, 6.07) is 9.60. The number of aromatic nitrogens is 5. The summed E-state index contributed by atoms with van der Waals surface area (Å²) in [6.45, 7) is 2.24. The van der Waals surface area contributed by atoms with E-state index >= 15 is 0 Å². The van der Waals surface area contributed by atoms with Gasteiger partial charge >= 0.3 is 0 Å². The molecule has 0 aliphatic rings. The average Bonchev–Trinajstić information content (AvgIpc) is 3.11. The first kappa shape index (κ1) is 16.6. The Kier molecular flexibility index (Phi) is 3.96. The summed E-state index contributed by atoms with van der Waals surface area (Å²) in [7, 11) is 0. The normalized spacial score (nSPS) is 11.0. The Labute approximate surface area is 152 Å². The Morgan fingerprint density at radius 2 is 1.93 bits per heavy atom. The number of nitrogens with one attached hydrogen (secondary N) is 2. The van der Waals surface area contributed by atoms with Crippen LogP contribution in [0.2, 0.25) is 0 Å². The van der Waals surface area contributed by atoms with Crippen molar-refractivity contribution in [1.82, 2.24) is 25.4 Å². The maximum absolute atomic E-state index is 12.2. The van der Waals surface area contributed by atoms with E-state index < -0.39 is 5.56 Å². The van der Waals surface area contributed by atoms with Crippen molar-refractivity contribution in [3.63, 3.8) is 0 Å². The number of H-pyrrole nitrogens is 2. The van der Waals surface area contributed by atoms with Crippen molar-refractivity contribution >= 4 is 11.2 Å². The molecule has 4 rings (SSSR count). The van der Waals surface area contributed by atoms with E-state index in [0.29, 0.717) is 34.9 Å². The van der Waals surface area contributed by atoms with Gasteiger partial charge in [0.25, 0.3) is 5.56 Å². The number of nitrogens with zero attached hydrogens (tertiary/aromatic N) is 3. The van der Waals surface area contributed by atoms with Gasteiger partial charge in [-0.1, -0.05) is 11.3 Å². The first-order chi connectivity index (χ1) is 13.1. The minimum Gasteiger partial charge on any atom is -0.508 e. The molecule has 2 aromatic heterocycles. The van der Waals surface area contributed by atoms with Gasteiger partial charge in [-0.25, -0.2) is 10.1 Å². The second kappa shape index (κ2) is 6.45. The van der Waals surface area contributed by atoms with Crippen molar-refractivity contribution in [2.75, 3.05) is 6.61 Å². The number of hydrogen-bond donors (Lipinski definition) is 4. The molecule has 136 valence electrons. The lowest BCUT2D eigenvalue weighted by Crippen LogP contribution is -2.10. The third kappa shape index (κ3) is 2.95. The number of phenolic OH excluding ortho intramolecular Hbond substituents is 2. The summed E-state index contributed by atoms with van der Waals surface area (Å²) in [5.74, 6) is 0.712. The fraction of sp³-hybridized carbons (Fsp3) is 0.111. The predicted octanol–water partition coefficient (Wildman–Crippen LogP) is 2.19. The van der Waals surface area contributed by atoms with Gasteiger partial charge in [-0.2, -0.15) is 0 Å². The Bertz CT molecular complexity index is 1200. The molecule has 0 amide bonds. The van der Waals surface area contributed by atoms with Gasteiger partial charge < -0.3 is 19.9 Å². The number of fused-ring (bicyclic) bond motifs is 1. The molecular weight excluding hydrogens is 350 g/mol. The molecule has 9 nitrogen and oxygen atoms in total. The van der Waals surface area contributed by atoms with Crippen LogP contribution < -0.4 is 10.3 Å². The van der Waals surface area contributed by atoms with Crippen LogP contribution in [0.4, 0.5) is 0 Å². The van der Waals surface area contributed by atoms with Crippen LogP contribution in [0.1, 0.15) is 6.92 Å². The second-order valence-electron chi connectivity index (χ2n) is 5.77. The summed E-state index contributed by atoms with van der Waals surface area (Å²) < 4.78 is 5.72. The van der Waals surface area contributed by atoms with Crippen LogP contribution in [0.3, 0.4) is 0 Å². The van der Waals surface area contributed by atoms with E-state index in [2.05, 4.69) is 25.4 Å². The Morgan fingerprint density at radius 1 is 1.11 bits per heavy atom. The van der Waals surface area contributed by atoms with Crippen LogP contribution in [-0.2, 0) is 0 Å². The molecular formula is C18H15N5O4. The van der Waals surface area contributed by atoms with Crippen molar-refractivity contribution in [2.45, 2.75) is 6.92 Å². The monoisotopic (exact) mass is 365 g/mol. The molecule has 2 aromatic carbocycles. The van der Waals surface area contributed by atoms with Gasteiger partial charge in [0.1, 0.15) is 23.1 Å². The fourth-order valence-electron chi connectivity index (χ4n) is 2.81. The minimum atomic E-state index is -0.411. The Morgan fingerprint density at radius 3 is 2.70 bits per heavy atom. The van der Waals surface area contributed by atoms with Gasteiger partial charge in [0.05, 0.1) is 12.2 Å². The van der Waals surface area contributed by atoms with Crippen molar-refractivity contribution in [2.24, 2.45) is 0 Å². The zero-order valence-electron chi connectivity index (χ0n) is 14.2. The summed E-state index contributed by atoms with van der Waals surface area (Å²) in [5, 5.41) is 29.4. The summed E-state index contributed by atoms with van der Waals surface area (Å²) >= 11 is 0. The lowest BCUT2D eigenvalue weighted by Gasteiger charge is -2.13. The van der Waals surface area contributed by atoms with E-state index in [1.54, 1.807) is 24.3 Å². The molecule has 0 atom stereocenters. The molecule has 0 saturated heterocycles. The first-order valence-electron chi connectivity index (χ1n) is 8.17. The molecule has 0 saturated carbocycles. The van der Waals surface area contributed by atoms with Gasteiger partial charge in [-0.15, -0.1) is 5.10 Å². The fourth-order valence-corrected chi connectivity index (χ4v) is 2.81. The van der Waals surface area contributed by atoms with Crippen molar-refractivity contribution in [3.05, 3.63) is 46.8 Å². The highest BCUT2D eigenvalue weighted by Crippen LogP contribution is 2.37. The van der Waals surface area contributed by atoms with E-state index in [1.807, 2.05) is 6.92 Å². The van der Waals surface area contributed by atoms with Gasteiger partial charge in [-0.3, -0.25) is 4.79 Å². The van der Waals surface area contributed by atoms with Crippen LogP contribution in [0, 0.1) is 0 Å². The number of benzene rings is 2. The van der Waals surface area contributed by atoms with Gasteiger partial charge in [0, 0.05) is 11.6 Å². The molecule has 0 radical (unpaired) electrons. The Balaban J connectivity index is 1.86. The van der Waals surface area contributed by atoms with E-state index in [1.165, 1.54) is 12.1 Å². The zero-order valence-corrected chi connectivity index (χ0v) is 14.2. The third-order valence-electron chi connectivity index (χ3n) is 4.03. The first-order valence-corrected chi connectivity index (χ1v) is 8.17. The lowest BCUT2D eigenvalue weighted by molar-refractivity contribution is 0.341. The second-order valence-corrected chi connectivity index (χ2v) is 5.77. The van der Waals surface area contributed by atoms with Gasteiger partial charge in [0.15, 0.2) is 11.2 Å². The molecule has 0 unspecified atom stereocenters. The Hall–Kier alpha value is -3.88. The molecule has 0 aliphatic carbocycles. The summed E-state index contributed by atoms with van der Waals surface area (Å²) in [6.07, 6.45) is 0. The van der Waals surface area contributed by atoms with Crippen LogP contribution >= 0.6 is 0 Å². The molecule has 0 aliphatic heterocycles. The molecule has 0 bridgehead atoms. The molecule has 2 heterocycles. The molecule has 4 aromatic rings. The third-order valence-corrected chi connectivity index (χ3v) is 4.03. The number of ether oxygens (including phenoxy) is 1. The maximum atomic E-state index is 12.2. The minimum absolute atomic E-state index is 0.0267. The van der Waals surface area contributed by atoms with Crippen LogP contribution in [0.5, 0.6) is 17.2 Å². The summed E-state index contributed by atoms with van der Waals surface area (Å²) in [4.78, 5) is 19.2. The smallest absolute Gasteiger partial charge is 0.281 e. The van der Waals surface area contributed by atoms with Crippen LogP contribution in [0.15, 0.2) is 41.2 Å². The molecule has 0 fully saturated rings. The number of rotatable bonds is 4. The highest BCUT2D eigenvalue weighted by atomic mass is 16.5. The quantitative estimate of drug-likeness (QED) is 0.435. The van der Waals surface area contributed by atoms with E-state index in [0.717, 1.165) is 0 Å². The average molecular weight is 365 g/mol. The standard InChI is InChI=1S/C18H15N5O4/c1-2-27-14-7-9(11-6-4-10(24)8-13(11)25)3-5-12(14)16-19-17-15(18(26)20-16)21-23-22-17/h3-8,24-25H,2H2,1H3,(H2,19,20,21,22,23,26). The van der Waals surface area contributed by atoms with Crippen molar-refractivity contribution in [3.8, 4) is 39.8 Å². The number of aromatic hydroxyl groups is 2. The number of aromatic amines is 2. The van der Waals surface area contributed by atoms with Crippen molar-refractivity contribution < 1.29 is 14.9 Å². The van der Waals surface area contributed by atoms with Gasteiger partial charge in [-0.05, 0) is 36.8 Å². The topological polar surface area (TPSA) is 137 Å². The molecule has 9 heteroatoms. The highest BCUT2D eigenvalue weighted by molar-refractivity contribution is 5.78. The molecule has 0 spiro atoms. The van der Waals surface area contributed by atoms with E-state index in [-0.39, 0.29) is 22.7 Å².